The molecule has 4 nitrogen and oxygen atoms in total. The highest BCUT2D eigenvalue weighted by Gasteiger charge is 2.04. The first-order valence-electron chi connectivity index (χ1n) is 4.28. The Labute approximate surface area is 87.1 Å². The Balaban J connectivity index is 2.46. The van der Waals surface area contributed by atoms with Crippen molar-refractivity contribution in [2.75, 3.05) is 14.1 Å². The number of rotatable bonds is 5. The molecule has 0 aliphatic heterocycles. The molecular weight excluding hydrogens is 200 g/mol. The van der Waals surface area contributed by atoms with Gasteiger partial charge in [0.15, 0.2) is 0 Å². The Morgan fingerprint density at radius 3 is 2.71 bits per heavy atom. The number of carboxylic acids is 1. The zero-order valence-electron chi connectivity index (χ0n) is 8.28. The number of nitrogens with one attached hydrogen (secondary N) is 1. The predicted molar refractivity (Wildman–Crippen MR) is 56.2 cm³/mol. The first-order chi connectivity index (χ1) is 6.58. The summed E-state index contributed by atoms with van der Waals surface area (Å²) in [5.41, 5.74) is 3.12. The van der Waals surface area contributed by atoms with Crippen molar-refractivity contribution in [3.63, 3.8) is 0 Å². The Bertz CT molecular complexity index is 310. The third-order valence-corrected chi connectivity index (χ3v) is 2.70. The van der Waals surface area contributed by atoms with Crippen LogP contribution in [0, 0.1) is 0 Å². The molecule has 0 fully saturated rings. The standard InChI is InChI=1S/C9H14N2O2S/c1-11(2)10-6-8-4-3-7(14-8)5-9(12)13/h3-4,10H,5-6H2,1-2H3,(H,12,13). The van der Waals surface area contributed by atoms with Crippen LogP contribution < -0.4 is 5.43 Å². The number of hydrazine groups is 1. The van der Waals surface area contributed by atoms with Crippen LogP contribution in [0.4, 0.5) is 0 Å². The largest absolute Gasteiger partial charge is 0.481 e. The monoisotopic (exact) mass is 214 g/mol. The van der Waals surface area contributed by atoms with Crippen molar-refractivity contribution in [3.05, 3.63) is 21.9 Å². The van der Waals surface area contributed by atoms with E-state index in [2.05, 4.69) is 5.43 Å². The summed E-state index contributed by atoms with van der Waals surface area (Å²) >= 11 is 1.53. The lowest BCUT2D eigenvalue weighted by Gasteiger charge is -2.09. The van der Waals surface area contributed by atoms with E-state index >= 15 is 0 Å². The van der Waals surface area contributed by atoms with Gasteiger partial charge in [-0.15, -0.1) is 11.3 Å². The number of carbonyl (C=O) groups is 1. The van der Waals surface area contributed by atoms with Gasteiger partial charge in [-0.05, 0) is 12.1 Å². The quantitative estimate of drug-likeness (QED) is 0.716. The van der Waals surface area contributed by atoms with E-state index in [0.717, 1.165) is 16.3 Å². The van der Waals surface area contributed by atoms with E-state index < -0.39 is 5.97 Å². The summed E-state index contributed by atoms with van der Waals surface area (Å²) in [6.07, 6.45) is 0.118. The summed E-state index contributed by atoms with van der Waals surface area (Å²) in [7, 11) is 3.84. The van der Waals surface area contributed by atoms with Crippen molar-refractivity contribution in [3.8, 4) is 0 Å². The maximum atomic E-state index is 10.4. The lowest BCUT2D eigenvalue weighted by molar-refractivity contribution is -0.136. The molecule has 0 aliphatic rings. The fraction of sp³-hybridized carbons (Fsp3) is 0.444. The maximum Gasteiger partial charge on any atom is 0.308 e. The number of thiophene rings is 1. The summed E-state index contributed by atoms with van der Waals surface area (Å²) < 4.78 is 0. The highest BCUT2D eigenvalue weighted by molar-refractivity contribution is 7.12. The number of hydrogen-bond donors (Lipinski definition) is 2. The van der Waals surface area contributed by atoms with Crippen LogP contribution in [0.2, 0.25) is 0 Å². The SMILES string of the molecule is CN(C)NCc1ccc(CC(=O)O)s1. The van der Waals surface area contributed by atoms with Crippen LogP contribution in [0.5, 0.6) is 0 Å². The zero-order valence-corrected chi connectivity index (χ0v) is 9.10. The average Bonchev–Trinajstić information content (AvgIpc) is 2.47. The molecule has 14 heavy (non-hydrogen) atoms. The second-order valence-corrected chi connectivity index (χ2v) is 4.42. The van der Waals surface area contributed by atoms with Crippen LogP contribution in [0.3, 0.4) is 0 Å². The van der Waals surface area contributed by atoms with E-state index in [4.69, 9.17) is 5.11 Å². The summed E-state index contributed by atoms with van der Waals surface area (Å²) in [4.78, 5) is 12.5. The molecule has 5 heteroatoms. The molecule has 1 heterocycles. The lowest BCUT2D eigenvalue weighted by Crippen LogP contribution is -2.29. The molecule has 0 aliphatic carbocycles. The molecule has 0 atom stereocenters. The Morgan fingerprint density at radius 2 is 2.14 bits per heavy atom. The highest BCUT2D eigenvalue weighted by atomic mass is 32.1. The van der Waals surface area contributed by atoms with Gasteiger partial charge in [-0.25, -0.2) is 0 Å². The van der Waals surface area contributed by atoms with Gasteiger partial charge >= 0.3 is 5.97 Å². The molecule has 78 valence electrons. The van der Waals surface area contributed by atoms with Crippen LogP contribution in [0.1, 0.15) is 9.75 Å². The van der Waals surface area contributed by atoms with E-state index in [1.807, 2.05) is 31.2 Å². The predicted octanol–water partition coefficient (Wildman–Crippen LogP) is 0.941. The number of nitrogens with zero attached hydrogens (tertiary/aromatic N) is 1. The maximum absolute atomic E-state index is 10.4. The molecule has 0 saturated carbocycles. The minimum atomic E-state index is -0.779. The molecule has 0 bridgehead atoms. The molecular formula is C9H14N2O2S. The first kappa shape index (κ1) is 11.2. The summed E-state index contributed by atoms with van der Waals surface area (Å²) in [5, 5.41) is 10.4. The minimum absolute atomic E-state index is 0.118. The van der Waals surface area contributed by atoms with Gasteiger partial charge in [-0.1, -0.05) is 0 Å². The molecule has 1 rings (SSSR count). The molecule has 0 amide bonds. The van der Waals surface area contributed by atoms with E-state index in [9.17, 15) is 4.79 Å². The van der Waals surface area contributed by atoms with Crippen molar-refractivity contribution < 1.29 is 9.90 Å². The van der Waals surface area contributed by atoms with Gasteiger partial charge < -0.3 is 5.11 Å². The van der Waals surface area contributed by atoms with E-state index in [-0.39, 0.29) is 6.42 Å². The van der Waals surface area contributed by atoms with Crippen molar-refractivity contribution >= 4 is 17.3 Å². The number of aliphatic carboxylic acids is 1. The second kappa shape index (κ2) is 5.09. The summed E-state index contributed by atoms with van der Waals surface area (Å²) in [6.45, 7) is 0.747. The van der Waals surface area contributed by atoms with Crippen LogP contribution in [-0.2, 0) is 17.8 Å². The average molecular weight is 214 g/mol. The zero-order chi connectivity index (χ0) is 10.6. The third kappa shape index (κ3) is 3.87. The summed E-state index contributed by atoms with van der Waals surface area (Å²) in [5.74, 6) is -0.779. The van der Waals surface area contributed by atoms with Crippen LogP contribution in [0.15, 0.2) is 12.1 Å². The molecule has 0 radical (unpaired) electrons. The van der Waals surface area contributed by atoms with Crippen molar-refractivity contribution in [2.24, 2.45) is 0 Å². The van der Waals surface area contributed by atoms with Crippen molar-refractivity contribution in [2.45, 2.75) is 13.0 Å². The topological polar surface area (TPSA) is 52.6 Å². The highest BCUT2D eigenvalue weighted by Crippen LogP contribution is 2.16. The Kier molecular flexibility index (Phi) is 4.06. The van der Waals surface area contributed by atoms with E-state index in [1.165, 1.54) is 11.3 Å². The van der Waals surface area contributed by atoms with Crippen molar-refractivity contribution in [1.82, 2.24) is 10.4 Å². The third-order valence-electron chi connectivity index (χ3n) is 1.61. The van der Waals surface area contributed by atoms with Crippen LogP contribution in [0.25, 0.3) is 0 Å². The fourth-order valence-corrected chi connectivity index (χ4v) is 1.94. The van der Waals surface area contributed by atoms with Crippen molar-refractivity contribution in [1.29, 1.82) is 0 Å². The molecule has 0 spiro atoms. The number of hydrogen-bond acceptors (Lipinski definition) is 4. The normalized spacial score (nSPS) is 10.8. The summed E-state index contributed by atoms with van der Waals surface area (Å²) in [6, 6.07) is 3.82. The number of carboxylic acid groups (broad SMARTS) is 1. The molecule has 1 aromatic rings. The van der Waals surface area contributed by atoms with Gasteiger partial charge in [0.1, 0.15) is 0 Å². The Morgan fingerprint density at radius 1 is 1.50 bits per heavy atom. The lowest BCUT2D eigenvalue weighted by atomic mass is 10.3. The molecule has 1 aromatic heterocycles. The smallest absolute Gasteiger partial charge is 0.308 e. The van der Waals surface area contributed by atoms with Gasteiger partial charge in [-0.2, -0.15) is 0 Å². The fourth-order valence-electron chi connectivity index (χ4n) is 0.997. The molecule has 0 unspecified atom stereocenters. The Hall–Kier alpha value is -0.910. The van der Waals surface area contributed by atoms with Crippen LogP contribution in [-0.4, -0.2) is 30.2 Å². The molecule has 0 aromatic carbocycles. The van der Waals surface area contributed by atoms with Gasteiger partial charge in [0.25, 0.3) is 0 Å². The first-order valence-corrected chi connectivity index (χ1v) is 5.10. The van der Waals surface area contributed by atoms with Gasteiger partial charge in [0.2, 0.25) is 0 Å². The minimum Gasteiger partial charge on any atom is -0.481 e. The van der Waals surface area contributed by atoms with Crippen LogP contribution >= 0.6 is 11.3 Å². The van der Waals surface area contributed by atoms with E-state index in [0.29, 0.717) is 0 Å². The van der Waals surface area contributed by atoms with Gasteiger partial charge in [-0.3, -0.25) is 15.2 Å². The molecule has 2 N–H and O–H groups in total. The van der Waals surface area contributed by atoms with E-state index in [1.54, 1.807) is 0 Å². The molecule has 0 saturated heterocycles. The second-order valence-electron chi connectivity index (χ2n) is 3.17. The van der Waals surface area contributed by atoms with Gasteiger partial charge in [0, 0.05) is 30.4 Å². The van der Waals surface area contributed by atoms with Gasteiger partial charge in [0.05, 0.1) is 6.42 Å².